The van der Waals surface area contributed by atoms with Crippen molar-refractivity contribution in [3.8, 4) is 0 Å². The molecule has 29 heavy (non-hydrogen) atoms. The van der Waals surface area contributed by atoms with Gasteiger partial charge >= 0.3 is 0 Å². The summed E-state index contributed by atoms with van der Waals surface area (Å²) in [5.41, 5.74) is 0.118. The van der Waals surface area contributed by atoms with Crippen molar-refractivity contribution in [3.63, 3.8) is 0 Å². The quantitative estimate of drug-likeness (QED) is 0.775. The van der Waals surface area contributed by atoms with Crippen LogP contribution in [-0.4, -0.2) is 37.7 Å². The molecule has 2 aromatic carbocycles. The summed E-state index contributed by atoms with van der Waals surface area (Å²) < 4.78 is 27.3. The first-order chi connectivity index (χ1) is 13.7. The molecule has 0 spiro atoms. The van der Waals surface area contributed by atoms with Crippen LogP contribution in [-0.2, 0) is 10.0 Å². The van der Waals surface area contributed by atoms with E-state index in [-0.39, 0.29) is 26.7 Å². The predicted molar refractivity (Wildman–Crippen MR) is 107 cm³/mol. The Morgan fingerprint density at radius 1 is 1.14 bits per heavy atom. The van der Waals surface area contributed by atoms with E-state index in [4.69, 9.17) is 11.6 Å². The van der Waals surface area contributed by atoms with E-state index < -0.39 is 21.9 Å². The molecular formula is C20H20ClN2O5S-. The van der Waals surface area contributed by atoms with Gasteiger partial charge in [0.2, 0.25) is 10.0 Å². The van der Waals surface area contributed by atoms with Gasteiger partial charge in [0.15, 0.2) is 0 Å². The number of hydrogen-bond acceptors (Lipinski definition) is 5. The van der Waals surface area contributed by atoms with Crippen molar-refractivity contribution in [1.82, 2.24) is 4.31 Å². The van der Waals surface area contributed by atoms with Gasteiger partial charge in [0, 0.05) is 18.8 Å². The molecule has 0 aliphatic carbocycles. The first-order valence-corrected chi connectivity index (χ1v) is 10.9. The number of piperidine rings is 1. The van der Waals surface area contributed by atoms with Crippen LogP contribution < -0.4 is 10.4 Å². The molecule has 0 unspecified atom stereocenters. The Bertz CT molecular complexity index is 1050. The molecule has 7 nitrogen and oxygen atoms in total. The van der Waals surface area contributed by atoms with Crippen LogP contribution in [0.2, 0.25) is 5.02 Å². The Kier molecular flexibility index (Phi) is 6.26. The monoisotopic (exact) mass is 435 g/mol. The molecule has 0 saturated carbocycles. The lowest BCUT2D eigenvalue weighted by Gasteiger charge is -2.29. The summed E-state index contributed by atoms with van der Waals surface area (Å²) in [5.74, 6) is -1.54. The summed E-state index contributed by atoms with van der Waals surface area (Å²) in [6.07, 6.45) is 1.57. The third-order valence-corrected chi connectivity index (χ3v) is 7.14. The molecule has 0 atom stereocenters. The Labute approximate surface area is 174 Å². The van der Waals surface area contributed by atoms with Crippen molar-refractivity contribution in [1.29, 1.82) is 0 Å². The van der Waals surface area contributed by atoms with Gasteiger partial charge in [0.05, 0.1) is 21.5 Å². The van der Waals surface area contributed by atoms with Gasteiger partial charge in [-0.1, -0.05) is 30.7 Å². The van der Waals surface area contributed by atoms with Gasteiger partial charge in [0.1, 0.15) is 0 Å². The molecule has 1 amide bonds. The molecule has 3 rings (SSSR count). The van der Waals surface area contributed by atoms with Crippen LogP contribution >= 0.6 is 11.6 Å². The number of nitrogens with one attached hydrogen (secondary N) is 1. The number of carboxylic acids is 1. The Morgan fingerprint density at radius 2 is 1.83 bits per heavy atom. The molecule has 1 saturated heterocycles. The molecule has 1 aliphatic rings. The zero-order valence-corrected chi connectivity index (χ0v) is 17.3. The summed E-state index contributed by atoms with van der Waals surface area (Å²) in [6, 6.07) is 9.54. The van der Waals surface area contributed by atoms with Gasteiger partial charge in [0.25, 0.3) is 5.91 Å². The van der Waals surface area contributed by atoms with Gasteiger partial charge < -0.3 is 15.2 Å². The molecule has 0 bridgehead atoms. The number of carbonyl (C=O) groups is 2. The van der Waals surface area contributed by atoms with Crippen LogP contribution in [0.25, 0.3) is 0 Å². The van der Waals surface area contributed by atoms with Crippen LogP contribution in [0, 0.1) is 5.92 Å². The van der Waals surface area contributed by atoms with E-state index in [9.17, 15) is 23.1 Å². The van der Waals surface area contributed by atoms with Crippen LogP contribution in [0.4, 0.5) is 5.69 Å². The minimum absolute atomic E-state index is 0.00918. The zero-order valence-electron chi connectivity index (χ0n) is 15.7. The summed E-state index contributed by atoms with van der Waals surface area (Å²) >= 11 is 6.12. The number of benzene rings is 2. The number of aromatic carboxylic acids is 1. The molecule has 154 valence electrons. The third kappa shape index (κ3) is 4.77. The number of rotatable bonds is 5. The third-order valence-electron chi connectivity index (χ3n) is 4.92. The van der Waals surface area contributed by atoms with E-state index >= 15 is 0 Å². The molecule has 1 aliphatic heterocycles. The van der Waals surface area contributed by atoms with E-state index in [1.165, 1.54) is 46.8 Å². The highest BCUT2D eigenvalue weighted by molar-refractivity contribution is 7.89. The Hall–Kier alpha value is -2.42. The maximum atomic E-state index is 12.9. The van der Waals surface area contributed by atoms with E-state index in [0.717, 1.165) is 12.8 Å². The van der Waals surface area contributed by atoms with Crippen LogP contribution in [0.1, 0.15) is 40.5 Å². The highest BCUT2D eigenvalue weighted by Gasteiger charge is 2.29. The van der Waals surface area contributed by atoms with Crippen LogP contribution in [0.15, 0.2) is 47.4 Å². The number of hydrogen-bond donors (Lipinski definition) is 1. The number of nitrogens with zero attached hydrogens (tertiary/aromatic N) is 1. The number of anilines is 1. The molecule has 0 aromatic heterocycles. The summed E-state index contributed by atoms with van der Waals surface area (Å²) in [5, 5.41) is 13.6. The van der Waals surface area contributed by atoms with E-state index in [1.54, 1.807) is 0 Å². The molecule has 1 fully saturated rings. The first kappa shape index (κ1) is 21.3. The maximum Gasteiger partial charge on any atom is 0.257 e. The second-order valence-corrected chi connectivity index (χ2v) is 9.40. The number of halogens is 1. The molecule has 2 aromatic rings. The molecule has 1 N–H and O–H groups in total. The van der Waals surface area contributed by atoms with Crippen molar-refractivity contribution < 1.29 is 23.1 Å². The van der Waals surface area contributed by atoms with Crippen molar-refractivity contribution in [2.75, 3.05) is 18.4 Å². The molecular weight excluding hydrogens is 416 g/mol. The summed E-state index contributed by atoms with van der Waals surface area (Å²) in [4.78, 5) is 23.6. The highest BCUT2D eigenvalue weighted by Crippen LogP contribution is 2.27. The zero-order chi connectivity index (χ0) is 21.2. The lowest BCUT2D eigenvalue weighted by molar-refractivity contribution is -0.255. The smallest absolute Gasteiger partial charge is 0.257 e. The number of sulfonamides is 1. The molecule has 1 heterocycles. The average molecular weight is 436 g/mol. The minimum Gasteiger partial charge on any atom is -0.545 e. The van der Waals surface area contributed by atoms with Crippen LogP contribution in [0.5, 0.6) is 0 Å². The second kappa shape index (κ2) is 8.52. The number of carboxylic acid groups (broad SMARTS) is 1. The fourth-order valence-electron chi connectivity index (χ4n) is 3.14. The van der Waals surface area contributed by atoms with Gasteiger partial charge in [-0.05, 0) is 54.7 Å². The van der Waals surface area contributed by atoms with Gasteiger partial charge in [-0.25, -0.2) is 8.42 Å². The maximum absolute atomic E-state index is 12.9. The normalized spacial score (nSPS) is 15.8. The SMILES string of the molecule is CC1CCN(S(=O)(=O)c2ccc(Cl)c(C(=O)Nc3cccc(C(=O)[O-])c3)c2)CC1. The van der Waals surface area contributed by atoms with Crippen molar-refractivity contribution in [2.45, 2.75) is 24.7 Å². The van der Waals surface area contributed by atoms with E-state index in [2.05, 4.69) is 12.2 Å². The summed E-state index contributed by atoms with van der Waals surface area (Å²) in [6.45, 7) is 2.96. The van der Waals surface area contributed by atoms with E-state index in [1.807, 2.05) is 0 Å². The van der Waals surface area contributed by atoms with Gasteiger partial charge in [-0.2, -0.15) is 4.31 Å². The molecule has 0 radical (unpaired) electrons. The largest absolute Gasteiger partial charge is 0.545 e. The van der Waals surface area contributed by atoms with Gasteiger partial charge in [-0.15, -0.1) is 0 Å². The van der Waals surface area contributed by atoms with Crippen molar-refractivity contribution in [3.05, 3.63) is 58.6 Å². The van der Waals surface area contributed by atoms with Crippen molar-refractivity contribution in [2.24, 2.45) is 5.92 Å². The first-order valence-electron chi connectivity index (χ1n) is 9.11. The lowest BCUT2D eigenvalue weighted by Crippen LogP contribution is -2.37. The Morgan fingerprint density at radius 3 is 2.48 bits per heavy atom. The predicted octanol–water partition coefficient (Wildman–Crippen LogP) is 2.38. The topological polar surface area (TPSA) is 107 Å². The fraction of sp³-hybridized carbons (Fsp3) is 0.300. The standard InChI is InChI=1S/C20H21ClN2O5S/c1-13-7-9-23(10-8-13)29(27,28)16-5-6-18(21)17(12-16)19(24)22-15-4-2-3-14(11-15)20(25)26/h2-6,11-13H,7-10H2,1H3,(H,22,24)(H,25,26)/p-1. The average Bonchev–Trinajstić information content (AvgIpc) is 2.68. The highest BCUT2D eigenvalue weighted by atomic mass is 35.5. The minimum atomic E-state index is -3.74. The number of amides is 1. The lowest BCUT2D eigenvalue weighted by atomic mass is 10.0. The molecule has 9 heteroatoms. The summed E-state index contributed by atoms with van der Waals surface area (Å²) in [7, 11) is -3.74. The van der Waals surface area contributed by atoms with E-state index in [0.29, 0.717) is 19.0 Å². The van der Waals surface area contributed by atoms with Crippen LogP contribution in [0.3, 0.4) is 0 Å². The fourth-order valence-corrected chi connectivity index (χ4v) is 4.84. The second-order valence-electron chi connectivity index (χ2n) is 7.05. The Balaban J connectivity index is 1.86. The van der Waals surface area contributed by atoms with Crippen molar-refractivity contribution >= 4 is 39.2 Å². The number of carbonyl (C=O) groups excluding carboxylic acids is 2. The van der Waals surface area contributed by atoms with Gasteiger partial charge in [-0.3, -0.25) is 4.79 Å².